The number of aryl methyl sites for hydroxylation is 4. The largest absolute Gasteiger partial charge is 0.300 e. The van der Waals surface area contributed by atoms with Crippen molar-refractivity contribution in [1.82, 2.24) is 19.2 Å². The molecule has 3 aromatic rings. The summed E-state index contributed by atoms with van der Waals surface area (Å²) in [5.74, 6) is 1.51. The Bertz CT molecular complexity index is 775. The van der Waals surface area contributed by atoms with E-state index in [1.54, 1.807) is 10.6 Å². The Balaban J connectivity index is 1.88. The van der Waals surface area contributed by atoms with Crippen LogP contribution < -0.4 is 0 Å². The first-order chi connectivity index (χ1) is 9.58. The maximum Gasteiger partial charge on any atom is 0.233 e. The van der Waals surface area contributed by atoms with Gasteiger partial charge in [-0.2, -0.15) is 9.61 Å². The van der Waals surface area contributed by atoms with Gasteiger partial charge < -0.3 is 0 Å². The number of benzene rings is 1. The highest BCUT2D eigenvalue weighted by Gasteiger charge is 2.14. The summed E-state index contributed by atoms with van der Waals surface area (Å²) in [5.41, 5.74) is 1.62. The van der Waals surface area contributed by atoms with Gasteiger partial charge in [0, 0.05) is 13.5 Å². The van der Waals surface area contributed by atoms with Crippen LogP contribution in [-0.2, 0) is 19.9 Å². The van der Waals surface area contributed by atoms with Gasteiger partial charge in [0.1, 0.15) is 16.2 Å². The van der Waals surface area contributed by atoms with Gasteiger partial charge in [-0.3, -0.25) is 4.57 Å². The van der Waals surface area contributed by atoms with Crippen molar-refractivity contribution in [2.24, 2.45) is 7.05 Å². The van der Waals surface area contributed by atoms with Crippen LogP contribution >= 0.6 is 15.9 Å². The van der Waals surface area contributed by atoms with Crippen molar-refractivity contribution in [3.63, 3.8) is 0 Å². The molecule has 20 heavy (non-hydrogen) atoms. The summed E-state index contributed by atoms with van der Waals surface area (Å²) < 4.78 is 18.2. The van der Waals surface area contributed by atoms with E-state index >= 15 is 0 Å². The molecular formula is C14H14BrFN4. The molecule has 0 unspecified atom stereocenters. The van der Waals surface area contributed by atoms with Crippen molar-refractivity contribution in [2.45, 2.75) is 19.8 Å². The van der Waals surface area contributed by atoms with Crippen LogP contribution in [0.3, 0.4) is 0 Å². The Morgan fingerprint density at radius 2 is 2.00 bits per heavy atom. The van der Waals surface area contributed by atoms with Crippen LogP contribution in [0, 0.1) is 12.7 Å². The second-order valence-corrected chi connectivity index (χ2v) is 5.52. The summed E-state index contributed by atoms with van der Waals surface area (Å²) in [6.45, 7) is 1.93. The average molecular weight is 337 g/mol. The molecule has 2 heterocycles. The number of halogens is 2. The van der Waals surface area contributed by atoms with Crippen LogP contribution in [0.25, 0.3) is 5.78 Å². The lowest BCUT2D eigenvalue weighted by atomic mass is 10.1. The molecule has 0 atom stereocenters. The van der Waals surface area contributed by atoms with Gasteiger partial charge in [0.05, 0.1) is 5.69 Å². The first-order valence-electron chi connectivity index (χ1n) is 6.37. The topological polar surface area (TPSA) is 35.1 Å². The number of aromatic nitrogens is 4. The van der Waals surface area contributed by atoms with Crippen LogP contribution in [0.2, 0.25) is 0 Å². The molecule has 1 aromatic carbocycles. The van der Waals surface area contributed by atoms with E-state index in [0.717, 1.165) is 21.9 Å². The summed E-state index contributed by atoms with van der Waals surface area (Å²) in [6.07, 6.45) is 1.30. The summed E-state index contributed by atoms with van der Waals surface area (Å²) >= 11 is 3.47. The van der Waals surface area contributed by atoms with E-state index in [0.29, 0.717) is 18.4 Å². The molecule has 6 heteroatoms. The van der Waals surface area contributed by atoms with E-state index in [9.17, 15) is 4.39 Å². The minimum atomic E-state index is -0.163. The predicted octanol–water partition coefficient (Wildman–Crippen LogP) is 3.06. The normalized spacial score (nSPS) is 11.4. The molecule has 0 aliphatic rings. The van der Waals surface area contributed by atoms with Crippen LogP contribution in [0.15, 0.2) is 28.9 Å². The maximum atomic E-state index is 13.6. The number of imidazole rings is 1. The van der Waals surface area contributed by atoms with E-state index in [2.05, 4.69) is 26.0 Å². The number of fused-ring (bicyclic) bond motifs is 1. The third-order valence-electron chi connectivity index (χ3n) is 3.42. The Hall–Kier alpha value is -1.69. The number of nitrogens with zero attached hydrogens (tertiary/aromatic N) is 4. The lowest BCUT2D eigenvalue weighted by Gasteiger charge is -2.02. The predicted molar refractivity (Wildman–Crippen MR) is 78.2 cm³/mol. The fourth-order valence-electron chi connectivity index (χ4n) is 2.25. The van der Waals surface area contributed by atoms with Crippen LogP contribution in [0.5, 0.6) is 0 Å². The summed E-state index contributed by atoms with van der Waals surface area (Å²) in [5, 5.41) is 4.53. The van der Waals surface area contributed by atoms with E-state index < -0.39 is 0 Å². The van der Waals surface area contributed by atoms with Gasteiger partial charge in [0.25, 0.3) is 0 Å². The smallest absolute Gasteiger partial charge is 0.233 e. The first kappa shape index (κ1) is 13.3. The third kappa shape index (κ3) is 2.14. The van der Waals surface area contributed by atoms with E-state index in [4.69, 9.17) is 0 Å². The molecule has 4 nitrogen and oxygen atoms in total. The highest BCUT2D eigenvalue weighted by atomic mass is 79.9. The molecule has 2 aromatic heterocycles. The highest BCUT2D eigenvalue weighted by Crippen LogP contribution is 2.19. The molecule has 0 saturated carbocycles. The molecular weight excluding hydrogens is 323 g/mol. The number of hydrogen-bond donors (Lipinski definition) is 0. The monoisotopic (exact) mass is 336 g/mol. The molecule has 104 valence electrons. The van der Waals surface area contributed by atoms with Crippen molar-refractivity contribution in [3.8, 4) is 0 Å². The van der Waals surface area contributed by atoms with Crippen LogP contribution in [0.4, 0.5) is 4.39 Å². The Morgan fingerprint density at radius 3 is 2.70 bits per heavy atom. The third-order valence-corrected chi connectivity index (χ3v) is 4.33. The van der Waals surface area contributed by atoms with Gasteiger partial charge in [0.15, 0.2) is 0 Å². The molecule has 0 bridgehead atoms. The van der Waals surface area contributed by atoms with E-state index in [1.807, 2.05) is 30.7 Å². The maximum absolute atomic E-state index is 13.6. The van der Waals surface area contributed by atoms with Gasteiger partial charge >= 0.3 is 0 Å². The SMILES string of the molecule is Cc1nc2n(C)c(CCc3ccccc3F)nn2c1Br. The lowest BCUT2D eigenvalue weighted by molar-refractivity contribution is 0.605. The van der Waals surface area contributed by atoms with Gasteiger partial charge in [-0.1, -0.05) is 18.2 Å². The van der Waals surface area contributed by atoms with Crippen molar-refractivity contribution < 1.29 is 4.39 Å². The Kier molecular flexibility index (Phi) is 3.33. The second kappa shape index (κ2) is 5.01. The standard InChI is InChI=1S/C14H14BrFN4/c1-9-13(15)20-14(17-9)19(2)12(18-20)8-7-10-5-3-4-6-11(10)16/h3-6H,7-8H2,1-2H3. The summed E-state index contributed by atoms with van der Waals surface area (Å²) in [7, 11) is 1.93. The fraction of sp³-hybridized carbons (Fsp3) is 0.286. The Morgan fingerprint density at radius 1 is 1.25 bits per heavy atom. The lowest BCUT2D eigenvalue weighted by Crippen LogP contribution is -2.02. The fourth-order valence-corrected chi connectivity index (χ4v) is 2.58. The molecule has 0 aliphatic heterocycles. The van der Waals surface area contributed by atoms with Gasteiger partial charge in [0.2, 0.25) is 5.78 Å². The summed E-state index contributed by atoms with van der Waals surface area (Å²) in [6, 6.07) is 6.85. The van der Waals surface area contributed by atoms with Crippen molar-refractivity contribution >= 4 is 21.7 Å². The molecule has 0 spiro atoms. The highest BCUT2D eigenvalue weighted by molar-refractivity contribution is 9.10. The molecule has 0 aliphatic carbocycles. The molecule has 0 N–H and O–H groups in total. The minimum Gasteiger partial charge on any atom is -0.300 e. The average Bonchev–Trinajstić information content (AvgIpc) is 2.88. The summed E-state index contributed by atoms with van der Waals surface area (Å²) in [4.78, 5) is 4.45. The van der Waals surface area contributed by atoms with E-state index in [-0.39, 0.29) is 5.82 Å². The molecule has 0 amide bonds. The van der Waals surface area contributed by atoms with E-state index in [1.165, 1.54) is 6.07 Å². The van der Waals surface area contributed by atoms with Crippen LogP contribution in [0.1, 0.15) is 17.1 Å². The molecule has 0 saturated heterocycles. The second-order valence-electron chi connectivity index (χ2n) is 4.77. The molecule has 0 radical (unpaired) electrons. The Labute approximate surface area is 124 Å². The first-order valence-corrected chi connectivity index (χ1v) is 7.17. The molecule has 3 rings (SSSR count). The van der Waals surface area contributed by atoms with Gasteiger partial charge in [-0.05, 0) is 40.9 Å². The zero-order chi connectivity index (χ0) is 14.3. The van der Waals surface area contributed by atoms with Crippen molar-refractivity contribution in [3.05, 3.63) is 51.8 Å². The minimum absolute atomic E-state index is 0.163. The zero-order valence-corrected chi connectivity index (χ0v) is 12.9. The van der Waals surface area contributed by atoms with Gasteiger partial charge in [-0.25, -0.2) is 9.37 Å². The van der Waals surface area contributed by atoms with Crippen molar-refractivity contribution in [2.75, 3.05) is 0 Å². The number of hydrogen-bond acceptors (Lipinski definition) is 2. The zero-order valence-electron chi connectivity index (χ0n) is 11.3. The number of rotatable bonds is 3. The van der Waals surface area contributed by atoms with Crippen molar-refractivity contribution in [1.29, 1.82) is 0 Å². The van der Waals surface area contributed by atoms with Crippen LogP contribution in [-0.4, -0.2) is 19.2 Å². The molecule has 0 fully saturated rings. The quantitative estimate of drug-likeness (QED) is 0.736. The van der Waals surface area contributed by atoms with Gasteiger partial charge in [-0.15, -0.1) is 0 Å².